The van der Waals surface area contributed by atoms with Gasteiger partial charge in [0.1, 0.15) is 0 Å². The lowest BCUT2D eigenvalue weighted by Gasteiger charge is -2.08. The van der Waals surface area contributed by atoms with E-state index in [9.17, 15) is 4.79 Å². The average molecular weight is 264 g/mol. The Morgan fingerprint density at radius 3 is 2.46 bits per heavy atom. The first-order valence-corrected chi connectivity index (χ1v) is 4.80. The van der Waals surface area contributed by atoms with Crippen LogP contribution in [0, 0.1) is 13.8 Å². The number of carboxylic acids is 1. The maximum absolute atomic E-state index is 10.8. The number of aromatic carboxylic acids is 1. The Kier molecular flexibility index (Phi) is 2.98. The molecule has 0 saturated heterocycles. The Hall–Kier alpha value is -0.540. The highest BCUT2D eigenvalue weighted by molar-refractivity contribution is 9.10. The molecule has 2 nitrogen and oxygen atoms in total. The summed E-state index contributed by atoms with van der Waals surface area (Å²) in [6.45, 7) is 3.59. The molecule has 70 valence electrons. The quantitative estimate of drug-likeness (QED) is 0.843. The van der Waals surface area contributed by atoms with Crippen molar-refractivity contribution in [3.8, 4) is 0 Å². The van der Waals surface area contributed by atoms with E-state index in [1.807, 2.05) is 6.92 Å². The molecule has 0 fully saturated rings. The van der Waals surface area contributed by atoms with Gasteiger partial charge in [-0.3, -0.25) is 0 Å². The van der Waals surface area contributed by atoms with Crippen LogP contribution in [-0.4, -0.2) is 11.1 Å². The van der Waals surface area contributed by atoms with Crippen LogP contribution in [0.5, 0.6) is 0 Å². The highest BCUT2D eigenvalue weighted by Gasteiger charge is 2.13. The molecule has 1 aromatic carbocycles. The first-order chi connectivity index (χ1) is 5.95. The molecule has 0 radical (unpaired) electrons. The lowest BCUT2D eigenvalue weighted by molar-refractivity contribution is 0.0696. The molecule has 1 aromatic rings. The summed E-state index contributed by atoms with van der Waals surface area (Å²) in [5.74, 6) is -0.958. The van der Waals surface area contributed by atoms with Crippen molar-refractivity contribution in [1.82, 2.24) is 0 Å². The fourth-order valence-electron chi connectivity index (χ4n) is 1.07. The number of hydrogen-bond acceptors (Lipinski definition) is 1. The van der Waals surface area contributed by atoms with E-state index in [-0.39, 0.29) is 5.56 Å². The Bertz CT molecular complexity index is 374. The Balaban J connectivity index is 3.50. The van der Waals surface area contributed by atoms with Crippen molar-refractivity contribution >= 4 is 33.5 Å². The number of carboxylic acid groups (broad SMARTS) is 1. The molecule has 0 aliphatic heterocycles. The van der Waals surface area contributed by atoms with Crippen LogP contribution in [0.3, 0.4) is 0 Å². The molecule has 0 aliphatic carbocycles. The molecular formula is C9H8BrClO2. The summed E-state index contributed by atoms with van der Waals surface area (Å²) in [4.78, 5) is 10.8. The van der Waals surface area contributed by atoms with Crippen molar-refractivity contribution in [2.24, 2.45) is 0 Å². The minimum Gasteiger partial charge on any atom is -0.478 e. The zero-order chi connectivity index (χ0) is 10.2. The van der Waals surface area contributed by atoms with E-state index in [1.165, 1.54) is 6.07 Å². The molecule has 13 heavy (non-hydrogen) atoms. The first-order valence-electron chi connectivity index (χ1n) is 3.63. The van der Waals surface area contributed by atoms with Gasteiger partial charge in [-0.1, -0.05) is 27.5 Å². The monoisotopic (exact) mass is 262 g/mol. The zero-order valence-corrected chi connectivity index (χ0v) is 9.53. The molecule has 0 saturated carbocycles. The fourth-order valence-corrected chi connectivity index (χ4v) is 1.81. The SMILES string of the molecule is Cc1c(Cl)cc(C(=O)O)c(C)c1Br. The summed E-state index contributed by atoms with van der Waals surface area (Å²) in [7, 11) is 0. The zero-order valence-electron chi connectivity index (χ0n) is 7.19. The second kappa shape index (κ2) is 3.68. The van der Waals surface area contributed by atoms with E-state index in [1.54, 1.807) is 6.92 Å². The van der Waals surface area contributed by atoms with E-state index in [0.29, 0.717) is 10.6 Å². The molecule has 0 heterocycles. The van der Waals surface area contributed by atoms with Gasteiger partial charge in [0.15, 0.2) is 0 Å². The van der Waals surface area contributed by atoms with E-state index >= 15 is 0 Å². The van der Waals surface area contributed by atoms with Gasteiger partial charge in [-0.25, -0.2) is 4.79 Å². The van der Waals surface area contributed by atoms with Crippen molar-refractivity contribution in [2.45, 2.75) is 13.8 Å². The van der Waals surface area contributed by atoms with Crippen LogP contribution in [0.4, 0.5) is 0 Å². The van der Waals surface area contributed by atoms with Gasteiger partial charge in [0.2, 0.25) is 0 Å². The van der Waals surface area contributed by atoms with Crippen LogP contribution in [0.1, 0.15) is 21.5 Å². The van der Waals surface area contributed by atoms with Crippen LogP contribution in [0.15, 0.2) is 10.5 Å². The summed E-state index contributed by atoms with van der Waals surface area (Å²) in [5, 5.41) is 9.29. The van der Waals surface area contributed by atoms with Crippen molar-refractivity contribution in [3.63, 3.8) is 0 Å². The predicted molar refractivity (Wildman–Crippen MR) is 55.6 cm³/mol. The van der Waals surface area contributed by atoms with Gasteiger partial charge in [0.05, 0.1) is 5.56 Å². The van der Waals surface area contributed by atoms with Gasteiger partial charge < -0.3 is 5.11 Å². The minimum absolute atomic E-state index is 0.238. The first kappa shape index (κ1) is 10.5. The molecule has 1 rings (SSSR count). The van der Waals surface area contributed by atoms with Crippen molar-refractivity contribution in [1.29, 1.82) is 0 Å². The summed E-state index contributed by atoms with van der Waals surface area (Å²) in [6, 6.07) is 1.47. The standard InChI is InChI=1S/C9H8BrClO2/c1-4-6(9(12)13)3-7(11)5(2)8(4)10/h3H,1-2H3,(H,12,13). The second-order valence-electron chi connectivity index (χ2n) is 2.78. The van der Waals surface area contributed by atoms with Crippen LogP contribution >= 0.6 is 27.5 Å². The third kappa shape index (κ3) is 1.86. The predicted octanol–water partition coefficient (Wildman–Crippen LogP) is 3.42. The molecule has 0 unspecified atom stereocenters. The van der Waals surface area contributed by atoms with Gasteiger partial charge >= 0.3 is 5.97 Å². The minimum atomic E-state index is -0.958. The van der Waals surface area contributed by atoms with E-state index in [4.69, 9.17) is 16.7 Å². The van der Waals surface area contributed by atoms with E-state index < -0.39 is 5.97 Å². The molecule has 0 atom stereocenters. The molecular weight excluding hydrogens is 255 g/mol. The molecule has 0 bridgehead atoms. The third-order valence-electron chi connectivity index (χ3n) is 1.92. The molecule has 1 N–H and O–H groups in total. The summed E-state index contributed by atoms with van der Waals surface area (Å²) in [5.41, 5.74) is 1.81. The molecule has 4 heteroatoms. The maximum atomic E-state index is 10.8. The number of carbonyl (C=O) groups is 1. The van der Waals surface area contributed by atoms with Crippen molar-refractivity contribution in [3.05, 3.63) is 32.3 Å². The van der Waals surface area contributed by atoms with Crippen molar-refractivity contribution < 1.29 is 9.90 Å². The highest BCUT2D eigenvalue weighted by atomic mass is 79.9. The number of rotatable bonds is 1. The normalized spacial score (nSPS) is 10.2. The fraction of sp³-hybridized carbons (Fsp3) is 0.222. The lowest BCUT2D eigenvalue weighted by atomic mass is 10.1. The Morgan fingerprint density at radius 1 is 1.46 bits per heavy atom. The second-order valence-corrected chi connectivity index (χ2v) is 3.98. The number of benzene rings is 1. The topological polar surface area (TPSA) is 37.3 Å². The van der Waals surface area contributed by atoms with Crippen LogP contribution in [0.25, 0.3) is 0 Å². The largest absolute Gasteiger partial charge is 0.478 e. The maximum Gasteiger partial charge on any atom is 0.336 e. The van der Waals surface area contributed by atoms with Gasteiger partial charge in [-0.15, -0.1) is 0 Å². The molecule has 0 amide bonds. The molecule has 0 spiro atoms. The van der Waals surface area contributed by atoms with E-state index in [0.717, 1.165) is 10.0 Å². The van der Waals surface area contributed by atoms with Crippen molar-refractivity contribution in [2.75, 3.05) is 0 Å². The van der Waals surface area contributed by atoms with Gasteiger partial charge in [-0.2, -0.15) is 0 Å². The van der Waals surface area contributed by atoms with Crippen LogP contribution < -0.4 is 0 Å². The molecule has 0 aromatic heterocycles. The van der Waals surface area contributed by atoms with Gasteiger partial charge in [0, 0.05) is 9.50 Å². The van der Waals surface area contributed by atoms with Crippen LogP contribution in [-0.2, 0) is 0 Å². The highest BCUT2D eigenvalue weighted by Crippen LogP contribution is 2.30. The molecule has 0 aliphatic rings. The summed E-state index contributed by atoms with van der Waals surface area (Å²) in [6.07, 6.45) is 0. The number of halogens is 2. The third-order valence-corrected chi connectivity index (χ3v) is 3.50. The van der Waals surface area contributed by atoms with Crippen LogP contribution in [0.2, 0.25) is 5.02 Å². The van der Waals surface area contributed by atoms with Gasteiger partial charge in [0.25, 0.3) is 0 Å². The smallest absolute Gasteiger partial charge is 0.336 e. The van der Waals surface area contributed by atoms with E-state index in [2.05, 4.69) is 15.9 Å². The Morgan fingerprint density at radius 2 is 2.00 bits per heavy atom. The summed E-state index contributed by atoms with van der Waals surface area (Å²) < 4.78 is 0.761. The van der Waals surface area contributed by atoms with Gasteiger partial charge in [-0.05, 0) is 31.0 Å². The number of hydrogen-bond donors (Lipinski definition) is 1. The Labute approximate surface area is 89.7 Å². The summed E-state index contributed by atoms with van der Waals surface area (Å²) >= 11 is 9.14. The average Bonchev–Trinajstić information content (AvgIpc) is 2.07. The lowest BCUT2D eigenvalue weighted by Crippen LogP contribution is -2.01.